The van der Waals surface area contributed by atoms with Gasteiger partial charge >= 0.3 is 5.97 Å². The summed E-state index contributed by atoms with van der Waals surface area (Å²) in [4.78, 5) is 10.7. The van der Waals surface area contributed by atoms with Crippen LogP contribution < -0.4 is 9.04 Å². The number of rotatable bonds is 7. The van der Waals surface area contributed by atoms with Crippen LogP contribution in [0.15, 0.2) is 53.4 Å². The summed E-state index contributed by atoms with van der Waals surface area (Å²) in [6.45, 7) is -0.262. The number of halogens is 1. The van der Waals surface area contributed by atoms with Crippen LogP contribution in [-0.2, 0) is 14.8 Å². The normalized spacial score (nSPS) is 11.1. The number of ether oxygens (including phenoxy) is 1. The third-order valence-corrected chi connectivity index (χ3v) is 5.11. The van der Waals surface area contributed by atoms with Gasteiger partial charge < -0.3 is 9.84 Å². The van der Waals surface area contributed by atoms with E-state index in [0.717, 1.165) is 28.6 Å². The van der Waals surface area contributed by atoms with Crippen LogP contribution in [0.25, 0.3) is 0 Å². The summed E-state index contributed by atoms with van der Waals surface area (Å²) >= 11 is 0. The molecule has 0 radical (unpaired) electrons. The average molecular weight is 353 g/mol. The summed E-state index contributed by atoms with van der Waals surface area (Å²) in [5.41, 5.74) is 0.264. The van der Waals surface area contributed by atoms with Crippen LogP contribution in [0.3, 0.4) is 0 Å². The van der Waals surface area contributed by atoms with Crippen molar-refractivity contribution in [2.24, 2.45) is 0 Å². The van der Waals surface area contributed by atoms with Crippen molar-refractivity contribution in [2.75, 3.05) is 18.0 Å². The highest BCUT2D eigenvalue weighted by molar-refractivity contribution is 7.92. The van der Waals surface area contributed by atoms with Crippen LogP contribution in [0.1, 0.15) is 6.42 Å². The van der Waals surface area contributed by atoms with Crippen LogP contribution in [0, 0.1) is 5.82 Å². The first kappa shape index (κ1) is 17.7. The Bertz CT molecular complexity index is 821. The molecular formula is C16H16FNO5S. The number of carboxylic acids is 1. The molecule has 24 heavy (non-hydrogen) atoms. The molecule has 0 aliphatic rings. The Labute approximate surface area is 139 Å². The zero-order valence-electron chi connectivity index (χ0n) is 12.8. The standard InChI is InChI=1S/C16H16FNO5S/c1-23-14-4-2-3-13(11-14)18(10-9-16(19)20)24(21,22)15-7-5-12(17)6-8-15/h2-8,11H,9-10H2,1H3,(H,19,20). The predicted molar refractivity (Wildman–Crippen MR) is 86.2 cm³/mol. The molecule has 0 spiro atoms. The lowest BCUT2D eigenvalue weighted by Crippen LogP contribution is -2.33. The van der Waals surface area contributed by atoms with E-state index in [2.05, 4.69) is 0 Å². The third-order valence-electron chi connectivity index (χ3n) is 3.27. The number of anilines is 1. The number of hydrogen-bond donors (Lipinski definition) is 1. The Hall–Kier alpha value is -2.61. The summed E-state index contributed by atoms with van der Waals surface area (Å²) in [5.74, 6) is -1.26. The molecule has 0 atom stereocenters. The van der Waals surface area contributed by atoms with Gasteiger partial charge in [0.2, 0.25) is 0 Å². The van der Waals surface area contributed by atoms with E-state index >= 15 is 0 Å². The molecule has 128 valence electrons. The van der Waals surface area contributed by atoms with Gasteiger partial charge in [-0.3, -0.25) is 9.10 Å². The van der Waals surface area contributed by atoms with Gasteiger partial charge in [-0.15, -0.1) is 0 Å². The summed E-state index contributed by atoms with van der Waals surface area (Å²) in [5, 5.41) is 8.89. The molecule has 0 bridgehead atoms. The largest absolute Gasteiger partial charge is 0.497 e. The lowest BCUT2D eigenvalue weighted by atomic mass is 10.3. The monoisotopic (exact) mass is 353 g/mol. The highest BCUT2D eigenvalue weighted by atomic mass is 32.2. The van der Waals surface area contributed by atoms with Crippen molar-refractivity contribution in [1.29, 1.82) is 0 Å². The second-order valence-electron chi connectivity index (χ2n) is 4.88. The van der Waals surface area contributed by atoms with Gasteiger partial charge in [-0.25, -0.2) is 12.8 Å². The fourth-order valence-corrected chi connectivity index (χ4v) is 3.54. The van der Waals surface area contributed by atoms with E-state index in [-0.39, 0.29) is 23.5 Å². The highest BCUT2D eigenvalue weighted by Gasteiger charge is 2.25. The number of carboxylic acid groups (broad SMARTS) is 1. The van der Waals surface area contributed by atoms with Gasteiger partial charge in [-0.1, -0.05) is 6.07 Å². The number of methoxy groups -OCH3 is 1. The maximum atomic E-state index is 13.0. The van der Waals surface area contributed by atoms with E-state index in [0.29, 0.717) is 5.75 Å². The molecular weight excluding hydrogens is 337 g/mol. The maximum Gasteiger partial charge on any atom is 0.305 e. The van der Waals surface area contributed by atoms with Crippen molar-refractivity contribution < 1.29 is 27.4 Å². The quantitative estimate of drug-likeness (QED) is 0.827. The minimum atomic E-state index is -4.04. The smallest absolute Gasteiger partial charge is 0.305 e. The second kappa shape index (κ2) is 7.31. The average Bonchev–Trinajstić information content (AvgIpc) is 2.55. The molecule has 6 nitrogen and oxygen atoms in total. The summed E-state index contributed by atoms with van der Waals surface area (Å²) in [6, 6.07) is 10.6. The van der Waals surface area contributed by atoms with E-state index in [1.807, 2.05) is 0 Å². The lowest BCUT2D eigenvalue weighted by Gasteiger charge is -2.24. The van der Waals surface area contributed by atoms with Crippen LogP contribution in [0.5, 0.6) is 5.75 Å². The molecule has 0 unspecified atom stereocenters. The van der Waals surface area contributed by atoms with E-state index in [1.54, 1.807) is 12.1 Å². The maximum absolute atomic E-state index is 13.0. The molecule has 0 aliphatic heterocycles. The van der Waals surface area contributed by atoms with Crippen molar-refractivity contribution in [3.63, 3.8) is 0 Å². The first-order chi connectivity index (χ1) is 11.3. The van der Waals surface area contributed by atoms with E-state index in [9.17, 15) is 17.6 Å². The highest BCUT2D eigenvalue weighted by Crippen LogP contribution is 2.27. The summed E-state index contributed by atoms with van der Waals surface area (Å²) in [6.07, 6.45) is -0.377. The van der Waals surface area contributed by atoms with Crippen molar-refractivity contribution in [3.05, 3.63) is 54.3 Å². The van der Waals surface area contributed by atoms with Gasteiger partial charge in [0, 0.05) is 12.6 Å². The Balaban J connectivity index is 2.48. The van der Waals surface area contributed by atoms with Crippen molar-refractivity contribution in [2.45, 2.75) is 11.3 Å². The fraction of sp³-hybridized carbons (Fsp3) is 0.188. The van der Waals surface area contributed by atoms with Crippen LogP contribution in [0.2, 0.25) is 0 Å². The number of hydrogen-bond acceptors (Lipinski definition) is 4. The molecule has 1 N–H and O–H groups in total. The van der Waals surface area contributed by atoms with Gasteiger partial charge in [0.1, 0.15) is 11.6 Å². The Morgan fingerprint density at radius 1 is 1.21 bits per heavy atom. The zero-order chi connectivity index (χ0) is 17.7. The van der Waals surface area contributed by atoms with Crippen LogP contribution in [0.4, 0.5) is 10.1 Å². The van der Waals surface area contributed by atoms with Crippen LogP contribution in [-0.4, -0.2) is 33.1 Å². The first-order valence-electron chi connectivity index (χ1n) is 6.99. The first-order valence-corrected chi connectivity index (χ1v) is 8.43. The fourth-order valence-electron chi connectivity index (χ4n) is 2.08. The van der Waals surface area contributed by atoms with E-state index in [1.165, 1.54) is 19.2 Å². The van der Waals surface area contributed by atoms with Gasteiger partial charge in [0.15, 0.2) is 0 Å². The molecule has 2 aromatic carbocycles. The summed E-state index contributed by atoms with van der Waals surface area (Å²) < 4.78 is 44.7. The third kappa shape index (κ3) is 4.02. The SMILES string of the molecule is COc1cccc(N(CCC(=O)O)S(=O)(=O)c2ccc(F)cc2)c1. The molecule has 0 saturated carbocycles. The predicted octanol–water partition coefficient (Wildman–Crippen LogP) is 2.50. The molecule has 0 saturated heterocycles. The molecule has 0 amide bonds. The number of benzene rings is 2. The minimum Gasteiger partial charge on any atom is -0.497 e. The topological polar surface area (TPSA) is 83.9 Å². The number of nitrogens with zero attached hydrogens (tertiary/aromatic N) is 1. The summed E-state index contributed by atoms with van der Waals surface area (Å²) in [7, 11) is -2.60. The van der Waals surface area contributed by atoms with Gasteiger partial charge in [-0.05, 0) is 36.4 Å². The Kier molecular flexibility index (Phi) is 5.40. The van der Waals surface area contributed by atoms with E-state index < -0.39 is 21.8 Å². The van der Waals surface area contributed by atoms with Crippen molar-refractivity contribution >= 4 is 21.7 Å². The minimum absolute atomic E-state index is 0.128. The number of sulfonamides is 1. The number of aliphatic carboxylic acids is 1. The van der Waals surface area contributed by atoms with Gasteiger partial charge in [0.25, 0.3) is 10.0 Å². The molecule has 2 rings (SSSR count). The zero-order valence-corrected chi connectivity index (χ0v) is 13.7. The molecule has 0 aromatic heterocycles. The molecule has 0 fully saturated rings. The molecule has 0 heterocycles. The Morgan fingerprint density at radius 3 is 2.46 bits per heavy atom. The van der Waals surface area contributed by atoms with Crippen molar-refractivity contribution in [1.82, 2.24) is 0 Å². The molecule has 8 heteroatoms. The van der Waals surface area contributed by atoms with Crippen LogP contribution >= 0.6 is 0 Å². The Morgan fingerprint density at radius 2 is 1.88 bits per heavy atom. The molecule has 0 aliphatic carbocycles. The van der Waals surface area contributed by atoms with Gasteiger partial charge in [0.05, 0.1) is 24.1 Å². The second-order valence-corrected chi connectivity index (χ2v) is 6.74. The number of carbonyl (C=O) groups is 1. The van der Waals surface area contributed by atoms with E-state index in [4.69, 9.17) is 9.84 Å². The lowest BCUT2D eigenvalue weighted by molar-refractivity contribution is -0.136. The molecule has 2 aromatic rings. The van der Waals surface area contributed by atoms with Gasteiger partial charge in [-0.2, -0.15) is 0 Å². The van der Waals surface area contributed by atoms with Crippen molar-refractivity contribution in [3.8, 4) is 5.75 Å².